The number of benzene rings is 2. The number of aryl methyl sites for hydroxylation is 2. The molecule has 1 saturated carbocycles. The van der Waals surface area contributed by atoms with E-state index in [9.17, 15) is 4.79 Å². The van der Waals surface area contributed by atoms with Gasteiger partial charge in [0, 0.05) is 30.8 Å². The van der Waals surface area contributed by atoms with Crippen molar-refractivity contribution in [2.75, 3.05) is 7.11 Å². The lowest BCUT2D eigenvalue weighted by atomic mass is 10.0. The minimum Gasteiger partial charge on any atom is -0.497 e. The summed E-state index contributed by atoms with van der Waals surface area (Å²) in [4.78, 5) is 18.7. The van der Waals surface area contributed by atoms with Gasteiger partial charge in [-0.2, -0.15) is 0 Å². The predicted molar refractivity (Wildman–Crippen MR) is 140 cm³/mol. The first-order chi connectivity index (χ1) is 17.7. The molecule has 2 heterocycles. The van der Waals surface area contributed by atoms with Crippen molar-refractivity contribution < 1.29 is 4.74 Å². The zero-order valence-electron chi connectivity index (χ0n) is 21.1. The molecule has 0 aliphatic heterocycles. The fraction of sp³-hybridized carbons (Fsp3) is 0.429. The topological polar surface area (TPSA) is 88.9 Å². The van der Waals surface area contributed by atoms with E-state index >= 15 is 0 Å². The van der Waals surface area contributed by atoms with Gasteiger partial charge in [0.05, 0.1) is 18.7 Å². The number of pyridine rings is 1. The van der Waals surface area contributed by atoms with E-state index in [1.165, 1.54) is 18.4 Å². The first-order valence-electron chi connectivity index (χ1n) is 12.9. The Hall–Kier alpha value is -3.52. The van der Waals surface area contributed by atoms with Gasteiger partial charge in [0.25, 0.3) is 5.56 Å². The third-order valence-corrected chi connectivity index (χ3v) is 7.38. The van der Waals surface area contributed by atoms with Crippen LogP contribution in [0.15, 0.2) is 59.4 Å². The fourth-order valence-corrected chi connectivity index (χ4v) is 5.45. The molecule has 188 valence electrons. The first-order valence-corrected chi connectivity index (χ1v) is 12.9. The molecule has 8 nitrogen and oxygen atoms in total. The summed E-state index contributed by atoms with van der Waals surface area (Å²) in [5.74, 6) is 1.61. The molecule has 0 saturated heterocycles. The predicted octanol–water partition coefficient (Wildman–Crippen LogP) is 4.66. The van der Waals surface area contributed by atoms with Crippen molar-refractivity contribution in [2.24, 2.45) is 0 Å². The molecule has 4 aromatic rings. The molecule has 0 amide bonds. The van der Waals surface area contributed by atoms with E-state index < -0.39 is 0 Å². The van der Waals surface area contributed by atoms with Gasteiger partial charge in [0.15, 0.2) is 5.82 Å². The van der Waals surface area contributed by atoms with Gasteiger partial charge < -0.3 is 9.72 Å². The second-order valence-corrected chi connectivity index (χ2v) is 9.61. The summed E-state index contributed by atoms with van der Waals surface area (Å²) in [6.45, 7) is 3.46. The van der Waals surface area contributed by atoms with Crippen LogP contribution in [0, 0.1) is 0 Å². The number of H-pyrrole nitrogens is 1. The van der Waals surface area contributed by atoms with Crippen molar-refractivity contribution in [2.45, 2.75) is 70.6 Å². The highest BCUT2D eigenvalue weighted by Crippen LogP contribution is 2.33. The smallest absolute Gasteiger partial charge is 0.252 e. The highest BCUT2D eigenvalue weighted by atomic mass is 16.5. The Morgan fingerprint density at radius 1 is 1.14 bits per heavy atom. The third kappa shape index (κ3) is 5.18. The molecule has 0 spiro atoms. The number of aromatic amines is 1. The van der Waals surface area contributed by atoms with Crippen molar-refractivity contribution in [3.63, 3.8) is 0 Å². The molecule has 36 heavy (non-hydrogen) atoms. The lowest BCUT2D eigenvalue weighted by Gasteiger charge is -2.35. The Kier molecular flexibility index (Phi) is 7.41. The molecule has 1 aliphatic rings. The second-order valence-electron chi connectivity index (χ2n) is 9.61. The Bertz CT molecular complexity index is 1340. The molecule has 1 N–H and O–H groups in total. The normalized spacial score (nSPS) is 15.1. The van der Waals surface area contributed by atoms with Gasteiger partial charge in [-0.25, -0.2) is 4.68 Å². The number of nitrogens with one attached hydrogen (secondary N) is 1. The van der Waals surface area contributed by atoms with Crippen LogP contribution >= 0.6 is 0 Å². The largest absolute Gasteiger partial charge is 0.497 e. The minimum absolute atomic E-state index is 0.0323. The molecule has 5 rings (SSSR count). The van der Waals surface area contributed by atoms with Gasteiger partial charge in [-0.15, -0.1) is 5.10 Å². The second kappa shape index (κ2) is 11.0. The standard InChI is InChI=1S/C28H34N6O2/c1-3-26(27-30-31-32-34(27)16-15-20-9-5-4-6-10-20)33(23-11-7-8-12-23)19-22-17-21-13-14-24(36-2)18-25(21)29-28(22)35/h4-6,9-10,13-14,17-18,23,26H,3,7-8,11-12,15-16,19H2,1-2H3,(H,29,35)/t26-/m0/s1. The number of nitrogens with zero attached hydrogens (tertiary/aromatic N) is 5. The SMILES string of the molecule is CC[C@@H](c1nnnn1CCc1ccccc1)N(Cc1cc2ccc(OC)cc2[nH]c1=O)C1CCCC1. The molecule has 1 aliphatic carbocycles. The van der Waals surface area contributed by atoms with E-state index in [0.717, 1.165) is 60.3 Å². The highest BCUT2D eigenvalue weighted by Gasteiger charge is 2.32. The van der Waals surface area contributed by atoms with Crippen LogP contribution in [0.25, 0.3) is 10.9 Å². The summed E-state index contributed by atoms with van der Waals surface area (Å²) >= 11 is 0. The highest BCUT2D eigenvalue weighted by molar-refractivity contribution is 5.80. The van der Waals surface area contributed by atoms with E-state index in [1.807, 2.05) is 35.0 Å². The molecule has 0 unspecified atom stereocenters. The summed E-state index contributed by atoms with van der Waals surface area (Å²) in [5.41, 5.74) is 2.75. The Balaban J connectivity index is 1.44. The lowest BCUT2D eigenvalue weighted by molar-refractivity contribution is 0.112. The van der Waals surface area contributed by atoms with Crippen molar-refractivity contribution >= 4 is 10.9 Å². The van der Waals surface area contributed by atoms with Crippen LogP contribution in [0.1, 0.15) is 62.0 Å². The Morgan fingerprint density at radius 3 is 2.69 bits per heavy atom. The molecular weight excluding hydrogens is 452 g/mol. The van der Waals surface area contributed by atoms with Crippen LogP contribution in [0.5, 0.6) is 5.75 Å². The zero-order chi connectivity index (χ0) is 24.9. The average Bonchev–Trinajstić information content (AvgIpc) is 3.61. The zero-order valence-corrected chi connectivity index (χ0v) is 21.1. The molecule has 0 radical (unpaired) electrons. The van der Waals surface area contributed by atoms with Crippen molar-refractivity contribution in [1.82, 2.24) is 30.1 Å². The number of rotatable bonds is 10. The van der Waals surface area contributed by atoms with Crippen molar-refractivity contribution in [1.29, 1.82) is 0 Å². The maximum absolute atomic E-state index is 13.1. The number of hydrogen-bond donors (Lipinski definition) is 1. The van der Waals surface area contributed by atoms with Crippen LogP contribution in [0.4, 0.5) is 0 Å². The van der Waals surface area contributed by atoms with Gasteiger partial charge in [-0.3, -0.25) is 9.69 Å². The molecular formula is C28H34N6O2. The van der Waals surface area contributed by atoms with Gasteiger partial charge >= 0.3 is 0 Å². The maximum atomic E-state index is 13.1. The Labute approximate surface area is 211 Å². The lowest BCUT2D eigenvalue weighted by Crippen LogP contribution is -2.39. The number of ether oxygens (including phenoxy) is 1. The van der Waals surface area contributed by atoms with E-state index in [2.05, 4.69) is 56.6 Å². The molecule has 1 fully saturated rings. The van der Waals surface area contributed by atoms with Gasteiger partial charge in [0.2, 0.25) is 0 Å². The number of aromatic nitrogens is 5. The van der Waals surface area contributed by atoms with Crippen LogP contribution < -0.4 is 10.3 Å². The van der Waals surface area contributed by atoms with Crippen LogP contribution in [0.3, 0.4) is 0 Å². The molecule has 2 aromatic carbocycles. The van der Waals surface area contributed by atoms with Gasteiger partial charge in [0.1, 0.15) is 5.75 Å². The molecule has 1 atom stereocenters. The molecule has 0 bridgehead atoms. The van der Waals surface area contributed by atoms with Crippen LogP contribution in [0.2, 0.25) is 0 Å². The van der Waals surface area contributed by atoms with Gasteiger partial charge in [-0.05, 0) is 65.3 Å². The summed E-state index contributed by atoms with van der Waals surface area (Å²) in [6, 6.07) is 18.7. The summed E-state index contributed by atoms with van der Waals surface area (Å²) in [5, 5.41) is 13.9. The number of fused-ring (bicyclic) bond motifs is 1. The number of hydrogen-bond acceptors (Lipinski definition) is 6. The van der Waals surface area contributed by atoms with Crippen molar-refractivity contribution in [3.05, 3.63) is 81.9 Å². The number of methoxy groups -OCH3 is 1. The average molecular weight is 487 g/mol. The van der Waals surface area contributed by atoms with Crippen molar-refractivity contribution in [3.8, 4) is 5.75 Å². The first kappa shape index (κ1) is 24.2. The van der Waals surface area contributed by atoms with Crippen LogP contribution in [-0.4, -0.2) is 43.2 Å². The quantitative estimate of drug-likeness (QED) is 0.351. The maximum Gasteiger partial charge on any atom is 0.252 e. The van der Waals surface area contributed by atoms with E-state index in [0.29, 0.717) is 12.6 Å². The Morgan fingerprint density at radius 2 is 1.94 bits per heavy atom. The van der Waals surface area contributed by atoms with Crippen LogP contribution in [-0.2, 0) is 19.5 Å². The third-order valence-electron chi connectivity index (χ3n) is 7.38. The van der Waals surface area contributed by atoms with E-state index in [4.69, 9.17) is 4.74 Å². The monoisotopic (exact) mass is 486 g/mol. The fourth-order valence-electron chi connectivity index (χ4n) is 5.45. The summed E-state index contributed by atoms with van der Waals surface area (Å²) in [7, 11) is 1.63. The van der Waals surface area contributed by atoms with E-state index in [-0.39, 0.29) is 11.6 Å². The molecule has 8 heteroatoms. The summed E-state index contributed by atoms with van der Waals surface area (Å²) < 4.78 is 7.26. The summed E-state index contributed by atoms with van der Waals surface area (Å²) in [6.07, 6.45) is 6.42. The minimum atomic E-state index is -0.0581. The molecule has 2 aromatic heterocycles. The van der Waals surface area contributed by atoms with Gasteiger partial charge in [-0.1, -0.05) is 50.1 Å². The number of tetrazole rings is 1. The van der Waals surface area contributed by atoms with E-state index in [1.54, 1.807) is 7.11 Å².